The van der Waals surface area contributed by atoms with Crippen LogP contribution in [0.1, 0.15) is 131 Å². The molecule has 10 atom stereocenters. The van der Waals surface area contributed by atoms with Gasteiger partial charge in [0.25, 0.3) is 0 Å². The molecule has 0 spiro atoms. The van der Waals surface area contributed by atoms with Gasteiger partial charge in [-0.2, -0.15) is 0 Å². The maximum atomic E-state index is 13.3. The van der Waals surface area contributed by atoms with Crippen LogP contribution in [0.25, 0.3) is 0 Å². The predicted molar refractivity (Wildman–Crippen MR) is 200 cm³/mol. The van der Waals surface area contributed by atoms with Crippen molar-refractivity contribution in [1.82, 2.24) is 0 Å². The number of methoxy groups -OCH3 is 1. The van der Waals surface area contributed by atoms with E-state index in [1.165, 1.54) is 20.1 Å². The first-order chi connectivity index (χ1) is 26.1. The summed E-state index contributed by atoms with van der Waals surface area (Å²) in [6.45, 7) is 8.69. The molecule has 55 heavy (non-hydrogen) atoms. The first-order valence-electron chi connectivity index (χ1n) is 20.1. The van der Waals surface area contributed by atoms with Gasteiger partial charge in [-0.1, -0.05) is 52.5 Å². The average Bonchev–Trinajstić information content (AvgIpc) is 3.12. The number of ether oxygens (including phenoxy) is 7. The molecule has 0 aliphatic carbocycles. The minimum absolute atomic E-state index is 0.00612. The van der Waals surface area contributed by atoms with Gasteiger partial charge >= 0.3 is 17.9 Å². The second-order valence-corrected chi connectivity index (χ2v) is 15.7. The minimum Gasteiger partial charge on any atom is -0.466 e. The van der Waals surface area contributed by atoms with Crippen LogP contribution in [0.5, 0.6) is 0 Å². The Hall–Kier alpha value is -2.72. The Kier molecular flexibility index (Phi) is 19.4. The molecule has 0 amide bonds. The summed E-state index contributed by atoms with van der Waals surface area (Å²) in [4.78, 5) is 48.4. The lowest BCUT2D eigenvalue weighted by Gasteiger charge is -2.51. The van der Waals surface area contributed by atoms with Crippen LogP contribution >= 0.6 is 0 Å². The van der Waals surface area contributed by atoms with Crippen LogP contribution in [0, 0.1) is 5.41 Å². The largest absolute Gasteiger partial charge is 0.466 e. The molecular formula is C41H66O14. The molecular weight excluding hydrogens is 716 g/mol. The molecule has 0 bridgehead atoms. The molecule has 14 nitrogen and oxygen atoms in total. The van der Waals surface area contributed by atoms with Gasteiger partial charge in [0.15, 0.2) is 12.4 Å². The van der Waals surface area contributed by atoms with E-state index in [4.69, 9.17) is 33.2 Å². The standard InChI is InChI=1S/C41H66O14/c1-7-8-9-10-11-15-36(46)54-39-29(23-37(47)49-6)22-34(26-35(45)27(2)51-28(3)43)55-41(39,48)40(4,5)19-16-38-50-21-18-33(53-38)25-32-14-12-13-31(52-32)24-30(44)17-20-42/h16,19-20,23,27,30-35,38-39,44-45,48H,7-15,17-18,21-22,24-26H2,1-6H3/b19-16+,29-23+/t27-,30?,31+,32-,33+,34+,35-,38+,39+,41-/m1/s1. The van der Waals surface area contributed by atoms with Gasteiger partial charge < -0.3 is 53.3 Å². The van der Waals surface area contributed by atoms with Crippen molar-refractivity contribution >= 4 is 24.2 Å². The van der Waals surface area contributed by atoms with Crippen LogP contribution in [0.15, 0.2) is 23.8 Å². The third-order valence-electron chi connectivity index (χ3n) is 10.6. The molecule has 3 saturated heterocycles. The monoisotopic (exact) mass is 782 g/mol. The van der Waals surface area contributed by atoms with Crippen molar-refractivity contribution in [2.45, 2.75) is 192 Å². The second-order valence-electron chi connectivity index (χ2n) is 15.7. The summed E-state index contributed by atoms with van der Waals surface area (Å²) in [5.74, 6) is -4.11. The van der Waals surface area contributed by atoms with Gasteiger partial charge in [-0.15, -0.1) is 0 Å². The summed E-state index contributed by atoms with van der Waals surface area (Å²) >= 11 is 0. The van der Waals surface area contributed by atoms with E-state index in [-0.39, 0.29) is 49.6 Å². The average molecular weight is 783 g/mol. The van der Waals surface area contributed by atoms with Crippen molar-refractivity contribution in [2.24, 2.45) is 5.41 Å². The molecule has 1 unspecified atom stereocenters. The second kappa shape index (κ2) is 22.9. The van der Waals surface area contributed by atoms with E-state index in [1.54, 1.807) is 32.9 Å². The molecule has 3 heterocycles. The Balaban J connectivity index is 1.84. The van der Waals surface area contributed by atoms with E-state index in [0.29, 0.717) is 38.6 Å². The quantitative estimate of drug-likeness (QED) is 0.0355. The Bertz CT molecular complexity index is 1280. The number of rotatable bonds is 21. The van der Waals surface area contributed by atoms with E-state index in [2.05, 4.69) is 6.92 Å². The van der Waals surface area contributed by atoms with Gasteiger partial charge in [0.1, 0.15) is 12.4 Å². The smallest absolute Gasteiger partial charge is 0.330 e. The van der Waals surface area contributed by atoms with Crippen LogP contribution in [-0.2, 0) is 52.3 Å². The van der Waals surface area contributed by atoms with Crippen molar-refractivity contribution in [2.75, 3.05) is 13.7 Å². The van der Waals surface area contributed by atoms with Gasteiger partial charge in [0, 0.05) is 37.7 Å². The lowest BCUT2D eigenvalue weighted by Crippen LogP contribution is -2.62. The topological polar surface area (TPSA) is 194 Å². The molecule has 3 rings (SSSR count). The molecule has 314 valence electrons. The van der Waals surface area contributed by atoms with Crippen LogP contribution in [0.3, 0.4) is 0 Å². The molecule has 3 N–H and O–H groups in total. The molecule has 3 fully saturated rings. The first kappa shape index (κ1) is 46.7. The lowest BCUT2D eigenvalue weighted by atomic mass is 9.74. The summed E-state index contributed by atoms with van der Waals surface area (Å²) in [6.07, 6.45) is 7.92. The van der Waals surface area contributed by atoms with Crippen molar-refractivity contribution in [3.05, 3.63) is 23.8 Å². The molecule has 0 saturated carbocycles. The fourth-order valence-corrected chi connectivity index (χ4v) is 7.42. The lowest BCUT2D eigenvalue weighted by molar-refractivity contribution is -0.327. The van der Waals surface area contributed by atoms with Gasteiger partial charge in [0.2, 0.25) is 5.79 Å². The van der Waals surface area contributed by atoms with Gasteiger partial charge in [-0.05, 0) is 69.9 Å². The maximum absolute atomic E-state index is 13.3. The van der Waals surface area contributed by atoms with E-state index in [0.717, 1.165) is 44.9 Å². The number of carbonyl (C=O) groups excluding carboxylic acids is 4. The number of unbranched alkanes of at least 4 members (excludes halogenated alkanes) is 4. The predicted octanol–water partition coefficient (Wildman–Crippen LogP) is 4.92. The van der Waals surface area contributed by atoms with Crippen LogP contribution in [-0.4, -0.2) is 114 Å². The fraction of sp³-hybridized carbons (Fsp3) is 0.805. The van der Waals surface area contributed by atoms with Crippen molar-refractivity contribution in [3.8, 4) is 0 Å². The van der Waals surface area contributed by atoms with E-state index in [9.17, 15) is 34.5 Å². The molecule has 3 aliphatic rings. The summed E-state index contributed by atoms with van der Waals surface area (Å²) in [7, 11) is 1.22. The highest BCUT2D eigenvalue weighted by Gasteiger charge is 2.57. The summed E-state index contributed by atoms with van der Waals surface area (Å²) < 4.78 is 41.0. The normalized spacial score (nSPS) is 30.0. The van der Waals surface area contributed by atoms with Gasteiger partial charge in [0.05, 0.1) is 50.3 Å². The zero-order valence-corrected chi connectivity index (χ0v) is 33.7. The number of aliphatic hydroxyl groups is 3. The summed E-state index contributed by atoms with van der Waals surface area (Å²) in [5, 5.41) is 33.7. The Labute approximate surface area is 326 Å². The number of hydrogen-bond acceptors (Lipinski definition) is 14. The summed E-state index contributed by atoms with van der Waals surface area (Å²) in [5.41, 5.74) is -1.07. The van der Waals surface area contributed by atoms with Crippen molar-refractivity contribution < 1.29 is 67.7 Å². The molecule has 0 aromatic rings. The zero-order chi connectivity index (χ0) is 40.6. The van der Waals surface area contributed by atoms with Gasteiger partial charge in [-0.25, -0.2) is 4.79 Å². The highest BCUT2D eigenvalue weighted by molar-refractivity contribution is 5.83. The Morgan fingerprint density at radius 2 is 1.71 bits per heavy atom. The third kappa shape index (κ3) is 14.9. The number of esters is 3. The molecule has 14 heteroatoms. The SMILES string of the molecule is CCCCCCCC(=O)O[C@H]1/C(=C/C(=O)OC)C[C@@H](C[C@@H](O)[C@@H](C)OC(C)=O)O[C@@]1(O)C(C)(C)/C=C/[C@H]1OCC[C@@H](C[C@H]2CCC[C@@H](CC(O)CC=O)O2)O1. The van der Waals surface area contributed by atoms with E-state index >= 15 is 0 Å². The Morgan fingerprint density at radius 3 is 2.40 bits per heavy atom. The first-order valence-corrected chi connectivity index (χ1v) is 20.1. The fourth-order valence-electron chi connectivity index (χ4n) is 7.42. The van der Waals surface area contributed by atoms with E-state index < -0.39 is 65.9 Å². The zero-order valence-electron chi connectivity index (χ0n) is 33.7. The molecule has 0 radical (unpaired) electrons. The number of carbonyl (C=O) groups is 4. The van der Waals surface area contributed by atoms with Crippen molar-refractivity contribution in [1.29, 1.82) is 0 Å². The van der Waals surface area contributed by atoms with Crippen LogP contribution in [0.2, 0.25) is 0 Å². The molecule has 3 aliphatic heterocycles. The summed E-state index contributed by atoms with van der Waals surface area (Å²) in [6, 6.07) is 0. The maximum Gasteiger partial charge on any atom is 0.330 e. The number of aldehydes is 1. The number of hydrogen-bond donors (Lipinski definition) is 3. The van der Waals surface area contributed by atoms with Gasteiger partial charge in [-0.3, -0.25) is 9.59 Å². The molecule has 0 aromatic heterocycles. The minimum atomic E-state index is -2.26. The third-order valence-corrected chi connectivity index (χ3v) is 10.6. The highest BCUT2D eigenvalue weighted by atomic mass is 16.7. The number of aliphatic hydroxyl groups excluding tert-OH is 2. The van der Waals surface area contributed by atoms with Crippen LogP contribution < -0.4 is 0 Å². The Morgan fingerprint density at radius 1 is 1.00 bits per heavy atom. The molecule has 0 aromatic carbocycles. The van der Waals surface area contributed by atoms with Crippen LogP contribution in [0.4, 0.5) is 0 Å². The highest BCUT2D eigenvalue weighted by Crippen LogP contribution is 2.47. The van der Waals surface area contributed by atoms with E-state index in [1.807, 2.05) is 0 Å². The van der Waals surface area contributed by atoms with Crippen molar-refractivity contribution in [3.63, 3.8) is 0 Å².